The fourth-order valence-corrected chi connectivity index (χ4v) is 3.56. The van der Waals surface area contributed by atoms with E-state index in [0.29, 0.717) is 5.75 Å². The number of carbonyl (C=O) groups excluding carboxylic acids is 1. The molecule has 3 aromatic rings. The van der Waals surface area contributed by atoms with Gasteiger partial charge in [0.1, 0.15) is 23.9 Å². The maximum absolute atomic E-state index is 11.8. The monoisotopic (exact) mass is 524 g/mol. The number of rotatable bonds is 7. The molecule has 0 atom stereocenters. The summed E-state index contributed by atoms with van der Waals surface area (Å²) in [6.07, 6.45) is -0.691. The molecule has 0 aliphatic carbocycles. The SMILES string of the molecule is Cc1ccc(C[SH+]Cc2ccc(OC(=O)OCc3ccccc3)cc2)cc1.F[P-](F)(F)(F)(F)F. The molecule has 0 bridgehead atoms. The van der Waals surface area contributed by atoms with E-state index in [2.05, 4.69) is 31.2 Å². The van der Waals surface area contributed by atoms with Gasteiger partial charge >= 0.3 is 39.1 Å². The summed E-state index contributed by atoms with van der Waals surface area (Å²) >= 11 is 1.34. The molecule has 0 aromatic heterocycles. The van der Waals surface area contributed by atoms with Crippen LogP contribution in [0.15, 0.2) is 78.9 Å². The second-order valence-corrected chi connectivity index (χ2v) is 10.3. The number of aryl methyl sites for hydroxylation is 1. The van der Waals surface area contributed by atoms with Crippen LogP contribution in [-0.4, -0.2) is 6.16 Å². The van der Waals surface area contributed by atoms with Crippen molar-refractivity contribution in [3.63, 3.8) is 0 Å². The minimum absolute atomic E-state index is 0.204. The first kappa shape index (κ1) is 27.5. The number of hydrogen-bond donors (Lipinski definition) is 0. The average molecular weight is 524 g/mol. The molecule has 0 amide bonds. The van der Waals surface area contributed by atoms with Crippen molar-refractivity contribution in [1.82, 2.24) is 0 Å². The van der Waals surface area contributed by atoms with Gasteiger partial charge in [0.05, 0.1) is 0 Å². The zero-order chi connectivity index (χ0) is 25.3. The molecule has 0 unspecified atom stereocenters. The number of ether oxygens (including phenoxy) is 2. The van der Waals surface area contributed by atoms with Crippen LogP contribution in [0.3, 0.4) is 0 Å². The van der Waals surface area contributed by atoms with Gasteiger partial charge in [0.25, 0.3) is 0 Å². The van der Waals surface area contributed by atoms with Crippen molar-refractivity contribution in [2.75, 3.05) is 0 Å². The third-order valence-corrected chi connectivity index (χ3v) is 5.21. The molecule has 0 radical (unpaired) electrons. The molecule has 34 heavy (non-hydrogen) atoms. The Morgan fingerprint density at radius 2 is 1.21 bits per heavy atom. The molecular formula is C23H23F6O3PS. The standard InChI is InChI=1S/C23H22O3S.F6P/c1-18-7-9-20(10-8-18)16-27-17-21-11-13-22(14-12-21)26-23(24)25-15-19-5-3-2-4-6-19;1-7(2,3,4,5)6/h2-14H,15-17H2,1H3;/q;-1/p+1. The normalized spacial score (nSPS) is 13.0. The van der Waals surface area contributed by atoms with Gasteiger partial charge in [-0.3, -0.25) is 0 Å². The second-order valence-electron chi connectivity index (χ2n) is 7.25. The molecule has 0 heterocycles. The summed E-state index contributed by atoms with van der Waals surface area (Å²) in [4.78, 5) is 11.8. The summed E-state index contributed by atoms with van der Waals surface area (Å²) in [7, 11) is -10.7. The predicted octanol–water partition coefficient (Wildman–Crippen LogP) is 8.61. The maximum atomic E-state index is 11.8. The van der Waals surface area contributed by atoms with E-state index < -0.39 is 14.0 Å². The summed E-state index contributed by atoms with van der Waals surface area (Å²) < 4.78 is 69.5. The summed E-state index contributed by atoms with van der Waals surface area (Å²) in [5, 5.41) is 0. The Labute approximate surface area is 197 Å². The van der Waals surface area contributed by atoms with Crippen LogP contribution in [0.5, 0.6) is 5.75 Å². The molecule has 0 aliphatic heterocycles. The Bertz CT molecular complexity index is 1050. The van der Waals surface area contributed by atoms with E-state index in [9.17, 15) is 30.0 Å². The van der Waals surface area contributed by atoms with E-state index in [4.69, 9.17) is 9.47 Å². The summed E-state index contributed by atoms with van der Waals surface area (Å²) in [5.41, 5.74) is 4.78. The molecule has 3 nitrogen and oxygen atoms in total. The van der Waals surface area contributed by atoms with Crippen molar-refractivity contribution in [1.29, 1.82) is 0 Å². The Balaban J connectivity index is 0.000000509. The van der Waals surface area contributed by atoms with Gasteiger partial charge in [0, 0.05) is 11.1 Å². The first-order valence-corrected chi connectivity index (χ1v) is 13.2. The van der Waals surface area contributed by atoms with Crippen LogP contribution < -0.4 is 4.74 Å². The van der Waals surface area contributed by atoms with Crippen molar-refractivity contribution in [3.05, 3.63) is 101 Å². The van der Waals surface area contributed by atoms with E-state index in [-0.39, 0.29) is 6.61 Å². The van der Waals surface area contributed by atoms with Crippen LogP contribution in [0, 0.1) is 6.92 Å². The Hall–Kier alpha value is -2.71. The third-order valence-electron chi connectivity index (χ3n) is 4.03. The van der Waals surface area contributed by atoms with E-state index in [0.717, 1.165) is 17.1 Å². The first-order valence-electron chi connectivity index (χ1n) is 9.87. The van der Waals surface area contributed by atoms with Crippen molar-refractivity contribution in [2.24, 2.45) is 0 Å². The van der Waals surface area contributed by atoms with Crippen molar-refractivity contribution >= 4 is 25.7 Å². The van der Waals surface area contributed by atoms with Crippen LogP contribution in [-0.2, 0) is 34.6 Å². The van der Waals surface area contributed by atoms with E-state index in [1.54, 1.807) is 12.1 Å². The summed E-state index contributed by atoms with van der Waals surface area (Å²) in [5.74, 6) is 2.49. The van der Waals surface area contributed by atoms with E-state index >= 15 is 0 Å². The molecule has 3 rings (SSSR count). The molecule has 11 heteroatoms. The number of thiol groups is 1. The Morgan fingerprint density at radius 3 is 1.71 bits per heavy atom. The van der Waals surface area contributed by atoms with Gasteiger partial charge in [0.2, 0.25) is 0 Å². The van der Waals surface area contributed by atoms with Crippen molar-refractivity contribution in [3.8, 4) is 5.75 Å². The van der Waals surface area contributed by atoms with Gasteiger partial charge in [-0.2, -0.15) is 0 Å². The van der Waals surface area contributed by atoms with Gasteiger partial charge < -0.3 is 9.47 Å². The zero-order valence-electron chi connectivity index (χ0n) is 18.0. The van der Waals surface area contributed by atoms with Gasteiger partial charge in [-0.25, -0.2) is 4.79 Å². The zero-order valence-corrected chi connectivity index (χ0v) is 19.8. The molecular weight excluding hydrogens is 501 g/mol. The molecule has 0 saturated heterocycles. The molecule has 0 saturated carbocycles. The molecule has 0 fully saturated rings. The molecule has 0 spiro atoms. The second kappa shape index (κ2) is 10.7. The van der Waals surface area contributed by atoms with Crippen LogP contribution in [0.25, 0.3) is 0 Å². The quantitative estimate of drug-likeness (QED) is 0.0775. The Kier molecular flexibility index (Phi) is 8.66. The van der Waals surface area contributed by atoms with Crippen LogP contribution in [0.4, 0.5) is 30.0 Å². The number of carbonyl (C=O) groups is 1. The van der Waals surface area contributed by atoms with Crippen LogP contribution >= 0.6 is 7.81 Å². The van der Waals surface area contributed by atoms with Gasteiger partial charge in [-0.1, -0.05) is 72.3 Å². The van der Waals surface area contributed by atoms with Crippen molar-refractivity contribution in [2.45, 2.75) is 25.0 Å². The minimum atomic E-state index is -10.7. The van der Waals surface area contributed by atoms with Gasteiger partial charge in [-0.05, 0) is 36.4 Å². The Morgan fingerprint density at radius 1 is 0.735 bits per heavy atom. The summed E-state index contributed by atoms with van der Waals surface area (Å²) in [6, 6.07) is 25.8. The van der Waals surface area contributed by atoms with Crippen molar-refractivity contribution < 1.29 is 39.4 Å². The fraction of sp³-hybridized carbons (Fsp3) is 0.174. The number of benzene rings is 3. The molecule has 186 valence electrons. The topological polar surface area (TPSA) is 35.5 Å². The van der Waals surface area contributed by atoms with Gasteiger partial charge in [0.15, 0.2) is 0 Å². The molecule has 0 N–H and O–H groups in total. The molecule has 0 aliphatic rings. The average Bonchev–Trinajstić information content (AvgIpc) is 2.73. The summed E-state index contributed by atoms with van der Waals surface area (Å²) in [6.45, 7) is 2.30. The third kappa shape index (κ3) is 14.4. The fourth-order valence-electron chi connectivity index (χ4n) is 2.51. The predicted molar refractivity (Wildman–Crippen MR) is 125 cm³/mol. The number of halogens is 6. The number of hydrogen-bond acceptors (Lipinski definition) is 3. The van der Waals surface area contributed by atoms with Crippen LogP contribution in [0.2, 0.25) is 0 Å². The van der Waals surface area contributed by atoms with E-state index in [1.807, 2.05) is 42.5 Å². The first-order chi connectivity index (χ1) is 15.6. The van der Waals surface area contributed by atoms with E-state index in [1.165, 1.54) is 28.5 Å². The van der Waals surface area contributed by atoms with Gasteiger partial charge in [-0.15, -0.1) is 0 Å². The van der Waals surface area contributed by atoms with Crippen LogP contribution in [0.1, 0.15) is 22.3 Å². The molecule has 3 aromatic carbocycles.